The summed E-state index contributed by atoms with van der Waals surface area (Å²) in [7, 11) is 0. The van der Waals surface area contributed by atoms with Gasteiger partial charge < -0.3 is 9.15 Å². The van der Waals surface area contributed by atoms with Gasteiger partial charge in [-0.25, -0.2) is 13.8 Å². The fourth-order valence-electron chi connectivity index (χ4n) is 2.91. The highest BCUT2D eigenvalue weighted by Gasteiger charge is 2.12. The summed E-state index contributed by atoms with van der Waals surface area (Å²) in [6, 6.07) is 16.2. The number of halogens is 2. The molecule has 0 unspecified atom stereocenters. The lowest BCUT2D eigenvalue weighted by Gasteiger charge is -2.09. The van der Waals surface area contributed by atoms with Gasteiger partial charge in [0.05, 0.1) is 6.10 Å². The molecule has 1 heterocycles. The van der Waals surface area contributed by atoms with E-state index in [1.807, 2.05) is 38.1 Å². The maximum Gasteiger partial charge on any atom is 0.227 e. The lowest BCUT2D eigenvalue weighted by Crippen LogP contribution is -2.05. The van der Waals surface area contributed by atoms with E-state index in [1.165, 1.54) is 12.1 Å². The van der Waals surface area contributed by atoms with Crippen LogP contribution in [0.3, 0.4) is 0 Å². The van der Waals surface area contributed by atoms with Crippen molar-refractivity contribution < 1.29 is 17.9 Å². The summed E-state index contributed by atoms with van der Waals surface area (Å²) in [5, 5.41) is 0. The summed E-state index contributed by atoms with van der Waals surface area (Å²) < 4.78 is 38.8. The van der Waals surface area contributed by atoms with Gasteiger partial charge in [0.15, 0.2) is 5.58 Å². The van der Waals surface area contributed by atoms with Crippen molar-refractivity contribution in [3.05, 3.63) is 72.3 Å². The maximum absolute atomic E-state index is 14.1. The highest BCUT2D eigenvalue weighted by molar-refractivity contribution is 5.82. The van der Waals surface area contributed by atoms with E-state index in [2.05, 4.69) is 4.98 Å². The first-order valence-electron chi connectivity index (χ1n) is 8.63. The van der Waals surface area contributed by atoms with E-state index in [9.17, 15) is 8.78 Å². The van der Waals surface area contributed by atoms with Crippen LogP contribution in [-0.4, -0.2) is 11.1 Å². The molecular formula is C22H17F2NO2. The van der Waals surface area contributed by atoms with Crippen LogP contribution in [0.25, 0.3) is 33.7 Å². The summed E-state index contributed by atoms with van der Waals surface area (Å²) in [6.07, 6.45) is 0.0667. The molecule has 4 rings (SSSR count). The Hall–Kier alpha value is -3.21. The molecule has 5 heteroatoms. The van der Waals surface area contributed by atoms with Crippen molar-refractivity contribution in [3.63, 3.8) is 0 Å². The second kappa shape index (κ2) is 6.83. The molecule has 0 N–H and O–H groups in total. The SMILES string of the molecule is CC(C)Oc1cccc(-c2nc3ccc(-c4ccc(F)cc4F)cc3o2)c1. The van der Waals surface area contributed by atoms with E-state index in [-0.39, 0.29) is 6.10 Å². The molecule has 0 saturated heterocycles. The van der Waals surface area contributed by atoms with Crippen molar-refractivity contribution in [2.75, 3.05) is 0 Å². The van der Waals surface area contributed by atoms with E-state index in [0.29, 0.717) is 28.1 Å². The molecule has 0 radical (unpaired) electrons. The highest BCUT2D eigenvalue weighted by atomic mass is 19.1. The Kier molecular flexibility index (Phi) is 4.36. The molecule has 0 bridgehead atoms. The van der Waals surface area contributed by atoms with Gasteiger partial charge in [-0.3, -0.25) is 0 Å². The van der Waals surface area contributed by atoms with Crippen LogP contribution in [0.1, 0.15) is 13.8 Å². The summed E-state index contributed by atoms with van der Waals surface area (Å²) >= 11 is 0. The second-order valence-electron chi connectivity index (χ2n) is 6.52. The third kappa shape index (κ3) is 3.53. The molecule has 0 spiro atoms. The van der Waals surface area contributed by atoms with Crippen LogP contribution >= 0.6 is 0 Å². The minimum Gasteiger partial charge on any atom is -0.491 e. The van der Waals surface area contributed by atoms with Gasteiger partial charge in [-0.1, -0.05) is 12.1 Å². The molecule has 27 heavy (non-hydrogen) atoms. The molecule has 1 aromatic heterocycles. The van der Waals surface area contributed by atoms with E-state index < -0.39 is 11.6 Å². The molecule has 3 nitrogen and oxygen atoms in total. The van der Waals surface area contributed by atoms with Gasteiger partial charge in [-0.05, 0) is 61.9 Å². The molecule has 0 amide bonds. The molecular weight excluding hydrogens is 348 g/mol. The minimum atomic E-state index is -0.618. The van der Waals surface area contributed by atoms with Crippen LogP contribution in [0, 0.1) is 11.6 Å². The van der Waals surface area contributed by atoms with Crippen LogP contribution < -0.4 is 4.74 Å². The average molecular weight is 365 g/mol. The van der Waals surface area contributed by atoms with Crippen molar-refractivity contribution in [1.82, 2.24) is 4.98 Å². The summed E-state index contributed by atoms with van der Waals surface area (Å²) in [4.78, 5) is 4.50. The van der Waals surface area contributed by atoms with E-state index in [1.54, 1.807) is 18.2 Å². The summed E-state index contributed by atoms with van der Waals surface area (Å²) in [5.74, 6) is -0.0369. The van der Waals surface area contributed by atoms with Gasteiger partial charge in [0.25, 0.3) is 0 Å². The molecule has 136 valence electrons. The minimum absolute atomic E-state index is 0.0667. The number of hydrogen-bond acceptors (Lipinski definition) is 3. The van der Waals surface area contributed by atoms with Gasteiger partial charge in [-0.2, -0.15) is 0 Å². The topological polar surface area (TPSA) is 35.3 Å². The second-order valence-corrected chi connectivity index (χ2v) is 6.52. The van der Waals surface area contributed by atoms with Crippen LogP contribution in [0.15, 0.2) is 65.1 Å². The Morgan fingerprint density at radius 3 is 2.56 bits per heavy atom. The molecule has 0 aliphatic heterocycles. The number of nitrogens with zero attached hydrogens (tertiary/aromatic N) is 1. The fraction of sp³-hybridized carbons (Fsp3) is 0.136. The number of hydrogen-bond donors (Lipinski definition) is 0. The molecule has 4 aromatic rings. The highest BCUT2D eigenvalue weighted by Crippen LogP contribution is 2.31. The monoisotopic (exact) mass is 365 g/mol. The maximum atomic E-state index is 14.1. The summed E-state index contributed by atoms with van der Waals surface area (Å²) in [5.41, 5.74) is 2.88. The van der Waals surface area contributed by atoms with Crippen LogP contribution in [0.5, 0.6) is 5.75 Å². The Bertz CT molecular complexity index is 1120. The van der Waals surface area contributed by atoms with E-state index in [0.717, 1.165) is 17.4 Å². The lowest BCUT2D eigenvalue weighted by atomic mass is 10.0. The van der Waals surface area contributed by atoms with Gasteiger partial charge in [0.1, 0.15) is 22.9 Å². The van der Waals surface area contributed by atoms with Crippen molar-refractivity contribution >= 4 is 11.1 Å². The summed E-state index contributed by atoms with van der Waals surface area (Å²) in [6.45, 7) is 3.92. The van der Waals surface area contributed by atoms with Crippen molar-refractivity contribution in [3.8, 4) is 28.3 Å². The lowest BCUT2D eigenvalue weighted by molar-refractivity contribution is 0.242. The first kappa shape index (κ1) is 17.2. The average Bonchev–Trinajstić information content (AvgIpc) is 3.04. The zero-order valence-electron chi connectivity index (χ0n) is 14.9. The quantitative estimate of drug-likeness (QED) is 0.430. The zero-order valence-corrected chi connectivity index (χ0v) is 14.9. The Labute approximate surface area is 155 Å². The van der Waals surface area contributed by atoms with E-state index in [4.69, 9.17) is 9.15 Å². The molecule has 3 aromatic carbocycles. The first-order chi connectivity index (χ1) is 13.0. The van der Waals surface area contributed by atoms with Gasteiger partial charge in [0, 0.05) is 17.2 Å². The third-order valence-corrected chi connectivity index (χ3v) is 4.08. The predicted octanol–water partition coefficient (Wildman–Crippen LogP) is 6.23. The molecule has 0 aliphatic rings. The smallest absolute Gasteiger partial charge is 0.227 e. The number of oxazole rings is 1. The number of benzene rings is 3. The number of ether oxygens (including phenoxy) is 1. The van der Waals surface area contributed by atoms with Crippen LogP contribution in [-0.2, 0) is 0 Å². The Morgan fingerprint density at radius 2 is 1.78 bits per heavy atom. The first-order valence-corrected chi connectivity index (χ1v) is 8.63. The third-order valence-electron chi connectivity index (χ3n) is 4.08. The standard InChI is InChI=1S/C22H17F2NO2/c1-13(2)26-17-5-3-4-15(10-17)22-25-20-9-6-14(11-21(20)27-22)18-8-7-16(23)12-19(18)24/h3-13H,1-2H3. The van der Waals surface area contributed by atoms with Crippen molar-refractivity contribution in [1.29, 1.82) is 0 Å². The predicted molar refractivity (Wildman–Crippen MR) is 101 cm³/mol. The van der Waals surface area contributed by atoms with Gasteiger partial charge >= 0.3 is 0 Å². The largest absolute Gasteiger partial charge is 0.491 e. The normalized spacial score (nSPS) is 11.3. The molecule has 0 saturated carbocycles. The van der Waals surface area contributed by atoms with Crippen molar-refractivity contribution in [2.24, 2.45) is 0 Å². The number of rotatable bonds is 4. The van der Waals surface area contributed by atoms with E-state index >= 15 is 0 Å². The number of fused-ring (bicyclic) bond motifs is 1. The van der Waals surface area contributed by atoms with Crippen molar-refractivity contribution in [2.45, 2.75) is 20.0 Å². The van der Waals surface area contributed by atoms with Crippen LogP contribution in [0.4, 0.5) is 8.78 Å². The molecule has 0 fully saturated rings. The molecule has 0 aliphatic carbocycles. The van der Waals surface area contributed by atoms with Gasteiger partial charge in [-0.15, -0.1) is 0 Å². The number of aromatic nitrogens is 1. The zero-order chi connectivity index (χ0) is 19.0. The Morgan fingerprint density at radius 1 is 0.926 bits per heavy atom. The van der Waals surface area contributed by atoms with Gasteiger partial charge in [0.2, 0.25) is 5.89 Å². The van der Waals surface area contributed by atoms with Crippen LogP contribution in [0.2, 0.25) is 0 Å². The fourth-order valence-corrected chi connectivity index (χ4v) is 2.91. The molecule has 0 atom stereocenters. The Balaban J connectivity index is 1.73.